The number of carbonyl (C=O) groups is 1. The first-order valence-electron chi connectivity index (χ1n) is 6.71. The topological polar surface area (TPSA) is 95.3 Å². The number of halogens is 2. The van der Waals surface area contributed by atoms with E-state index in [0.717, 1.165) is 4.31 Å². The van der Waals surface area contributed by atoms with Crippen molar-refractivity contribution in [3.63, 3.8) is 0 Å². The van der Waals surface area contributed by atoms with Gasteiger partial charge in [-0.1, -0.05) is 0 Å². The van der Waals surface area contributed by atoms with Gasteiger partial charge in [0.15, 0.2) is 0 Å². The van der Waals surface area contributed by atoms with Crippen LogP contribution in [0.1, 0.15) is 30.8 Å². The van der Waals surface area contributed by atoms with Crippen molar-refractivity contribution in [2.45, 2.75) is 38.1 Å². The summed E-state index contributed by atoms with van der Waals surface area (Å²) in [6, 6.07) is 0. The third kappa shape index (κ3) is 2.84. The van der Waals surface area contributed by atoms with Gasteiger partial charge in [-0.2, -0.15) is 18.2 Å². The van der Waals surface area contributed by atoms with Gasteiger partial charge in [-0.15, -0.1) is 0 Å². The summed E-state index contributed by atoms with van der Waals surface area (Å²) >= 11 is 0. The van der Waals surface area contributed by atoms with Crippen LogP contribution in [0.3, 0.4) is 0 Å². The molecule has 0 N–H and O–H groups in total. The lowest BCUT2D eigenvalue weighted by Crippen LogP contribution is -2.46. The van der Waals surface area contributed by atoms with Gasteiger partial charge in [0.05, 0.1) is 11.4 Å². The summed E-state index contributed by atoms with van der Waals surface area (Å²) in [6.45, 7) is -0.438. The van der Waals surface area contributed by atoms with Crippen LogP contribution in [-0.4, -0.2) is 41.6 Å². The lowest BCUT2D eigenvalue weighted by Gasteiger charge is -2.32. The molecule has 7 nitrogen and oxygen atoms in total. The second-order valence-electron chi connectivity index (χ2n) is 5.24. The molecular formula is C12H16F2N3O4S-. The number of aliphatic carboxylic acids is 1. The first-order chi connectivity index (χ1) is 10.2. The van der Waals surface area contributed by atoms with E-state index in [1.165, 1.54) is 13.8 Å². The average Bonchev–Trinajstić information content (AvgIpc) is 2.74. The zero-order valence-corrected chi connectivity index (χ0v) is 12.9. The van der Waals surface area contributed by atoms with Crippen LogP contribution < -0.4 is 5.11 Å². The Morgan fingerprint density at radius 1 is 1.41 bits per heavy atom. The molecule has 10 heteroatoms. The molecule has 0 radical (unpaired) electrons. The van der Waals surface area contributed by atoms with Crippen LogP contribution in [0, 0.1) is 19.8 Å². The van der Waals surface area contributed by atoms with Crippen LogP contribution in [0.15, 0.2) is 4.90 Å². The third-order valence-electron chi connectivity index (χ3n) is 3.76. The SMILES string of the molecule is Cc1nn(C(F)F)c(C)c1S(=O)(=O)N1CCC[C@@H](C(=O)[O-])C1. The zero-order chi connectivity index (χ0) is 16.7. The molecule has 2 rings (SSSR count). The molecular weight excluding hydrogens is 320 g/mol. The van der Waals surface area contributed by atoms with E-state index in [1.54, 1.807) is 0 Å². The molecule has 124 valence electrons. The molecule has 2 heterocycles. The summed E-state index contributed by atoms with van der Waals surface area (Å²) in [4.78, 5) is 10.7. The number of aryl methyl sites for hydroxylation is 1. The minimum Gasteiger partial charge on any atom is -0.550 e. The number of piperidine rings is 1. The lowest BCUT2D eigenvalue weighted by molar-refractivity contribution is -0.312. The number of hydrogen-bond acceptors (Lipinski definition) is 5. The predicted octanol–water partition coefficient (Wildman–Crippen LogP) is 0.0456. The van der Waals surface area contributed by atoms with Gasteiger partial charge in [0.25, 0.3) is 0 Å². The second kappa shape index (κ2) is 5.92. The standard InChI is InChI=1S/C12H17F2N3O4S/c1-7-10(8(2)17(15-7)12(13)14)22(20,21)16-5-3-4-9(6-16)11(18)19/h9,12H,3-6H2,1-2H3,(H,18,19)/p-1/t9-/m1/s1. The molecule has 1 fully saturated rings. The molecule has 0 saturated carbocycles. The normalized spacial score (nSPS) is 20.5. The smallest absolute Gasteiger partial charge is 0.333 e. The number of hydrogen-bond donors (Lipinski definition) is 0. The molecule has 22 heavy (non-hydrogen) atoms. The summed E-state index contributed by atoms with van der Waals surface area (Å²) in [5.41, 5.74) is -0.198. The van der Waals surface area contributed by atoms with Crippen LogP contribution in [0.2, 0.25) is 0 Å². The quantitative estimate of drug-likeness (QED) is 0.774. The van der Waals surface area contributed by atoms with Gasteiger partial charge in [-0.05, 0) is 26.7 Å². The first kappa shape index (κ1) is 16.8. The van der Waals surface area contributed by atoms with Gasteiger partial charge in [0, 0.05) is 25.0 Å². The number of carboxylic acids is 1. The van der Waals surface area contributed by atoms with Crippen molar-refractivity contribution in [1.29, 1.82) is 0 Å². The molecule has 1 aromatic heterocycles. The summed E-state index contributed by atoms with van der Waals surface area (Å²) in [5, 5.41) is 14.5. The van der Waals surface area contributed by atoms with Crippen molar-refractivity contribution in [3.05, 3.63) is 11.4 Å². The maximum absolute atomic E-state index is 12.8. The monoisotopic (exact) mass is 336 g/mol. The fraction of sp³-hybridized carbons (Fsp3) is 0.667. The van der Waals surface area contributed by atoms with Gasteiger partial charge >= 0.3 is 6.55 Å². The van der Waals surface area contributed by atoms with E-state index in [9.17, 15) is 27.1 Å². The second-order valence-corrected chi connectivity index (χ2v) is 7.12. The van der Waals surface area contributed by atoms with Gasteiger partial charge in [-0.25, -0.2) is 13.1 Å². The van der Waals surface area contributed by atoms with Crippen molar-refractivity contribution in [1.82, 2.24) is 14.1 Å². The Hall–Kier alpha value is -1.55. The van der Waals surface area contributed by atoms with E-state index in [1.807, 2.05) is 0 Å². The van der Waals surface area contributed by atoms with Crippen molar-refractivity contribution >= 4 is 16.0 Å². The molecule has 0 unspecified atom stereocenters. The fourth-order valence-electron chi connectivity index (χ4n) is 2.69. The van der Waals surface area contributed by atoms with E-state index >= 15 is 0 Å². The maximum Gasteiger partial charge on any atom is 0.333 e. The Bertz CT molecular complexity index is 687. The molecule has 0 amide bonds. The Morgan fingerprint density at radius 3 is 2.55 bits per heavy atom. The minimum absolute atomic E-state index is 0.0339. The molecule has 1 aliphatic rings. The predicted molar refractivity (Wildman–Crippen MR) is 69.4 cm³/mol. The Kier molecular flexibility index (Phi) is 4.52. The molecule has 1 saturated heterocycles. The highest BCUT2D eigenvalue weighted by atomic mass is 32.2. The van der Waals surface area contributed by atoms with Crippen LogP contribution in [0.5, 0.6) is 0 Å². The van der Waals surface area contributed by atoms with E-state index in [2.05, 4.69) is 5.10 Å². The molecule has 1 aromatic rings. The number of sulfonamides is 1. The summed E-state index contributed by atoms with van der Waals surface area (Å²) in [7, 11) is -4.08. The highest BCUT2D eigenvalue weighted by Crippen LogP contribution is 2.29. The summed E-state index contributed by atoms with van der Waals surface area (Å²) in [5.74, 6) is -2.20. The third-order valence-corrected chi connectivity index (χ3v) is 5.88. The van der Waals surface area contributed by atoms with Crippen molar-refractivity contribution in [3.8, 4) is 0 Å². The molecule has 0 aromatic carbocycles. The largest absolute Gasteiger partial charge is 0.550 e. The van der Waals surface area contributed by atoms with Crippen LogP contribution in [0.4, 0.5) is 8.78 Å². The zero-order valence-electron chi connectivity index (χ0n) is 12.1. The number of carbonyl (C=O) groups excluding carboxylic acids is 1. The van der Waals surface area contributed by atoms with Crippen molar-refractivity contribution < 1.29 is 27.1 Å². The summed E-state index contributed by atoms with van der Waals surface area (Å²) < 4.78 is 52.3. The minimum atomic E-state index is -4.08. The number of rotatable bonds is 4. The Balaban J connectivity index is 2.41. The summed E-state index contributed by atoms with van der Waals surface area (Å²) in [6.07, 6.45) is 0.710. The lowest BCUT2D eigenvalue weighted by atomic mass is 10.0. The van der Waals surface area contributed by atoms with Crippen LogP contribution in [0.25, 0.3) is 0 Å². The van der Waals surface area contributed by atoms with Gasteiger partial charge < -0.3 is 9.90 Å². The Labute approximate surface area is 126 Å². The molecule has 0 spiro atoms. The van der Waals surface area contributed by atoms with E-state index in [0.29, 0.717) is 17.5 Å². The average molecular weight is 336 g/mol. The van der Waals surface area contributed by atoms with Crippen molar-refractivity contribution in [2.75, 3.05) is 13.1 Å². The van der Waals surface area contributed by atoms with Crippen LogP contribution >= 0.6 is 0 Å². The van der Waals surface area contributed by atoms with Crippen molar-refractivity contribution in [2.24, 2.45) is 5.92 Å². The number of alkyl halides is 2. The van der Waals surface area contributed by atoms with Gasteiger partial charge in [-0.3, -0.25) is 0 Å². The van der Waals surface area contributed by atoms with Gasteiger partial charge in [0.2, 0.25) is 10.0 Å². The number of carboxylic acid groups (broad SMARTS) is 1. The molecule has 0 aliphatic carbocycles. The highest BCUT2D eigenvalue weighted by molar-refractivity contribution is 7.89. The molecule has 1 aliphatic heterocycles. The Morgan fingerprint density at radius 2 is 2.05 bits per heavy atom. The molecule has 0 bridgehead atoms. The fourth-order valence-corrected chi connectivity index (χ4v) is 4.58. The first-order valence-corrected chi connectivity index (χ1v) is 8.15. The number of aromatic nitrogens is 2. The van der Waals surface area contributed by atoms with E-state index in [4.69, 9.17) is 0 Å². The molecule has 1 atom stereocenters. The van der Waals surface area contributed by atoms with E-state index < -0.39 is 28.5 Å². The van der Waals surface area contributed by atoms with E-state index in [-0.39, 0.29) is 29.4 Å². The number of nitrogens with zero attached hydrogens (tertiary/aromatic N) is 3. The van der Waals surface area contributed by atoms with Gasteiger partial charge in [0.1, 0.15) is 4.90 Å². The highest BCUT2D eigenvalue weighted by Gasteiger charge is 2.35. The van der Waals surface area contributed by atoms with Crippen LogP contribution in [-0.2, 0) is 14.8 Å². The maximum atomic E-state index is 12.8.